The standard InChI is InChI=1S/C15H30N2S/c1-13-9-17(10-14(13)16(2)3)11-15(12-18)7-5-4-6-8-15/h13-14,18H,4-12H2,1-3H3. The van der Waals surface area contributed by atoms with Crippen LogP contribution in [-0.4, -0.2) is 55.3 Å². The second-order valence-corrected chi connectivity index (χ2v) is 7.24. The molecule has 2 rings (SSSR count). The van der Waals surface area contributed by atoms with Gasteiger partial charge in [0.05, 0.1) is 0 Å². The molecule has 2 fully saturated rings. The smallest absolute Gasteiger partial charge is 0.0254 e. The van der Waals surface area contributed by atoms with Crippen molar-refractivity contribution >= 4 is 12.6 Å². The molecule has 1 heterocycles. The first-order valence-corrected chi connectivity index (χ1v) is 8.19. The fourth-order valence-electron chi connectivity index (χ4n) is 3.99. The predicted molar refractivity (Wildman–Crippen MR) is 82.5 cm³/mol. The van der Waals surface area contributed by atoms with Crippen LogP contribution in [0.5, 0.6) is 0 Å². The summed E-state index contributed by atoms with van der Waals surface area (Å²) in [4.78, 5) is 5.11. The average molecular weight is 270 g/mol. The Morgan fingerprint density at radius 2 is 1.83 bits per heavy atom. The van der Waals surface area contributed by atoms with E-state index in [-0.39, 0.29) is 0 Å². The van der Waals surface area contributed by atoms with Crippen molar-refractivity contribution in [1.82, 2.24) is 9.80 Å². The molecule has 0 N–H and O–H groups in total. The minimum atomic E-state index is 0.516. The topological polar surface area (TPSA) is 6.48 Å². The summed E-state index contributed by atoms with van der Waals surface area (Å²) < 4.78 is 0. The lowest BCUT2D eigenvalue weighted by Gasteiger charge is -2.39. The van der Waals surface area contributed by atoms with E-state index >= 15 is 0 Å². The Labute approximate surface area is 119 Å². The lowest BCUT2D eigenvalue weighted by Crippen LogP contribution is -2.41. The summed E-state index contributed by atoms with van der Waals surface area (Å²) in [7, 11) is 4.44. The van der Waals surface area contributed by atoms with Crippen molar-refractivity contribution in [2.45, 2.75) is 45.1 Å². The third-order valence-electron chi connectivity index (χ3n) is 5.12. The highest BCUT2D eigenvalue weighted by atomic mass is 32.1. The molecule has 0 aromatic carbocycles. The van der Waals surface area contributed by atoms with E-state index in [4.69, 9.17) is 0 Å². The summed E-state index contributed by atoms with van der Waals surface area (Å²) >= 11 is 4.67. The van der Waals surface area contributed by atoms with E-state index in [1.165, 1.54) is 51.7 Å². The molecule has 1 aliphatic heterocycles. The summed E-state index contributed by atoms with van der Waals surface area (Å²) in [6.45, 7) is 6.21. The lowest BCUT2D eigenvalue weighted by atomic mass is 9.75. The van der Waals surface area contributed by atoms with Gasteiger partial charge in [0.1, 0.15) is 0 Å². The maximum absolute atomic E-state index is 4.67. The van der Waals surface area contributed by atoms with Crippen LogP contribution in [0, 0.1) is 11.3 Å². The zero-order valence-electron chi connectivity index (χ0n) is 12.4. The SMILES string of the molecule is CC1CN(CC2(CS)CCCCC2)CC1N(C)C. The number of likely N-dealkylation sites (N-methyl/N-ethyl adjacent to an activating group) is 1. The Balaban J connectivity index is 1.93. The van der Waals surface area contributed by atoms with Crippen LogP contribution in [0.4, 0.5) is 0 Å². The summed E-state index contributed by atoms with van der Waals surface area (Å²) in [5.41, 5.74) is 0.516. The Bertz CT molecular complexity index is 261. The molecule has 1 saturated carbocycles. The summed E-state index contributed by atoms with van der Waals surface area (Å²) in [5.74, 6) is 1.88. The van der Waals surface area contributed by atoms with Gasteiger partial charge in [-0.15, -0.1) is 0 Å². The largest absolute Gasteiger partial charge is 0.305 e. The van der Waals surface area contributed by atoms with Gasteiger partial charge in [0, 0.05) is 25.7 Å². The minimum absolute atomic E-state index is 0.516. The molecule has 0 spiro atoms. The van der Waals surface area contributed by atoms with Gasteiger partial charge in [-0.1, -0.05) is 26.2 Å². The number of likely N-dealkylation sites (tertiary alicyclic amines) is 1. The van der Waals surface area contributed by atoms with Crippen molar-refractivity contribution in [1.29, 1.82) is 0 Å². The molecule has 106 valence electrons. The number of hydrogen-bond acceptors (Lipinski definition) is 3. The molecule has 2 nitrogen and oxygen atoms in total. The van der Waals surface area contributed by atoms with Gasteiger partial charge < -0.3 is 9.80 Å². The molecular weight excluding hydrogens is 240 g/mol. The molecular formula is C15H30N2S. The van der Waals surface area contributed by atoms with Crippen LogP contribution in [0.25, 0.3) is 0 Å². The van der Waals surface area contributed by atoms with Gasteiger partial charge in [0.25, 0.3) is 0 Å². The first kappa shape index (κ1) is 14.7. The maximum atomic E-state index is 4.67. The van der Waals surface area contributed by atoms with E-state index in [0.717, 1.165) is 17.7 Å². The van der Waals surface area contributed by atoms with Crippen LogP contribution in [0.1, 0.15) is 39.0 Å². The maximum Gasteiger partial charge on any atom is 0.0254 e. The number of nitrogens with zero attached hydrogens (tertiary/aromatic N) is 2. The predicted octanol–water partition coefficient (Wildman–Crippen LogP) is 2.75. The molecule has 1 aliphatic carbocycles. The number of hydrogen-bond donors (Lipinski definition) is 1. The summed E-state index contributed by atoms with van der Waals surface area (Å²) in [5, 5.41) is 0. The monoisotopic (exact) mass is 270 g/mol. The van der Waals surface area contributed by atoms with E-state index in [9.17, 15) is 0 Å². The van der Waals surface area contributed by atoms with Crippen LogP contribution in [0.2, 0.25) is 0 Å². The Morgan fingerprint density at radius 3 is 2.33 bits per heavy atom. The van der Waals surface area contributed by atoms with Crippen molar-refractivity contribution in [3.05, 3.63) is 0 Å². The van der Waals surface area contributed by atoms with Gasteiger partial charge in [-0.05, 0) is 44.0 Å². The third kappa shape index (κ3) is 3.23. The molecule has 0 amide bonds. The van der Waals surface area contributed by atoms with Crippen molar-refractivity contribution < 1.29 is 0 Å². The van der Waals surface area contributed by atoms with Crippen LogP contribution in [-0.2, 0) is 0 Å². The van der Waals surface area contributed by atoms with Gasteiger partial charge in [-0.3, -0.25) is 0 Å². The van der Waals surface area contributed by atoms with Gasteiger partial charge in [-0.2, -0.15) is 12.6 Å². The number of thiol groups is 1. The number of rotatable bonds is 4. The Hall–Kier alpha value is 0.270. The average Bonchev–Trinajstić information content (AvgIpc) is 2.71. The molecule has 0 aromatic rings. The Morgan fingerprint density at radius 1 is 1.17 bits per heavy atom. The first-order valence-electron chi connectivity index (χ1n) is 7.56. The molecule has 0 bridgehead atoms. The molecule has 2 atom stereocenters. The van der Waals surface area contributed by atoms with Gasteiger partial charge >= 0.3 is 0 Å². The van der Waals surface area contributed by atoms with Crippen LogP contribution < -0.4 is 0 Å². The summed E-state index contributed by atoms with van der Waals surface area (Å²) in [6.07, 6.45) is 7.07. The van der Waals surface area contributed by atoms with E-state index in [0.29, 0.717) is 5.41 Å². The second kappa shape index (κ2) is 6.15. The van der Waals surface area contributed by atoms with Crippen molar-refractivity contribution in [2.24, 2.45) is 11.3 Å². The second-order valence-electron chi connectivity index (χ2n) is 6.92. The fraction of sp³-hybridized carbons (Fsp3) is 1.00. The van der Waals surface area contributed by atoms with Crippen molar-refractivity contribution in [3.63, 3.8) is 0 Å². The molecule has 1 saturated heterocycles. The highest BCUT2D eigenvalue weighted by molar-refractivity contribution is 7.80. The Kier molecular flexibility index (Phi) is 5.01. The lowest BCUT2D eigenvalue weighted by molar-refractivity contribution is 0.137. The molecule has 0 aromatic heterocycles. The normalized spacial score (nSPS) is 33.2. The zero-order chi connectivity index (χ0) is 13.2. The van der Waals surface area contributed by atoms with Crippen LogP contribution in [0.15, 0.2) is 0 Å². The van der Waals surface area contributed by atoms with E-state index in [1.54, 1.807) is 0 Å². The molecule has 3 heteroatoms. The van der Waals surface area contributed by atoms with E-state index in [1.807, 2.05) is 0 Å². The van der Waals surface area contributed by atoms with E-state index in [2.05, 4.69) is 43.4 Å². The molecule has 2 unspecified atom stereocenters. The minimum Gasteiger partial charge on any atom is -0.305 e. The molecule has 18 heavy (non-hydrogen) atoms. The first-order chi connectivity index (χ1) is 8.56. The van der Waals surface area contributed by atoms with Gasteiger partial charge in [-0.25, -0.2) is 0 Å². The summed E-state index contributed by atoms with van der Waals surface area (Å²) in [6, 6.07) is 0.741. The highest BCUT2D eigenvalue weighted by Gasteiger charge is 2.37. The highest BCUT2D eigenvalue weighted by Crippen LogP contribution is 2.39. The van der Waals surface area contributed by atoms with Crippen molar-refractivity contribution in [2.75, 3.05) is 39.5 Å². The third-order valence-corrected chi connectivity index (χ3v) is 5.79. The molecule has 2 aliphatic rings. The van der Waals surface area contributed by atoms with Crippen LogP contribution >= 0.6 is 12.6 Å². The zero-order valence-corrected chi connectivity index (χ0v) is 13.3. The van der Waals surface area contributed by atoms with Crippen LogP contribution in [0.3, 0.4) is 0 Å². The molecule has 0 radical (unpaired) electrons. The van der Waals surface area contributed by atoms with E-state index < -0.39 is 0 Å². The fourth-order valence-corrected chi connectivity index (χ4v) is 4.41. The van der Waals surface area contributed by atoms with Crippen molar-refractivity contribution in [3.8, 4) is 0 Å². The van der Waals surface area contributed by atoms with Gasteiger partial charge in [0.15, 0.2) is 0 Å². The van der Waals surface area contributed by atoms with Gasteiger partial charge in [0.2, 0.25) is 0 Å². The quantitative estimate of drug-likeness (QED) is 0.785.